The van der Waals surface area contributed by atoms with Gasteiger partial charge in [-0.05, 0) is 92.6 Å². The molecule has 4 nitrogen and oxygen atoms in total. The van der Waals surface area contributed by atoms with E-state index in [2.05, 4.69) is 58.8 Å². The molecule has 4 bridgehead atoms. The van der Waals surface area contributed by atoms with Crippen LogP contribution in [0.1, 0.15) is 51.0 Å². The molecule has 1 heterocycles. The van der Waals surface area contributed by atoms with Crippen LogP contribution in [-0.4, -0.2) is 14.9 Å². The highest BCUT2D eigenvalue weighted by atomic mass is 32.1. The molecule has 5 heteroatoms. The number of aromatic nitrogens is 2. The maximum Gasteiger partial charge on any atom is 0.176 e. The molecule has 27 heavy (non-hydrogen) atoms. The predicted octanol–water partition coefficient (Wildman–Crippen LogP) is 5.18. The molecule has 0 amide bonds. The summed E-state index contributed by atoms with van der Waals surface area (Å²) in [6, 6.07) is 10.5. The Kier molecular flexibility index (Phi) is 4.23. The second kappa shape index (κ2) is 6.62. The minimum Gasteiger partial charge on any atom is -0.332 e. The van der Waals surface area contributed by atoms with E-state index >= 15 is 0 Å². The number of nitrogens with zero attached hydrogens (tertiary/aromatic N) is 2. The standard InChI is InChI=1S/C22H28N4S/c1-2-15-3-5-19(6-4-15)23-21(27)24-20-7-8-26(25-20)22-12-16-9-17(13-22)11-18(10-16)14-22/h3-8,16-18H,2,9-14H2,1H3,(H2,23,24,25,27). The minimum absolute atomic E-state index is 0.264. The van der Waals surface area contributed by atoms with E-state index in [9.17, 15) is 0 Å². The van der Waals surface area contributed by atoms with Crippen molar-refractivity contribution >= 4 is 28.8 Å². The number of aryl methyl sites for hydroxylation is 1. The van der Waals surface area contributed by atoms with Gasteiger partial charge in [-0.15, -0.1) is 0 Å². The molecule has 1 aromatic carbocycles. The lowest BCUT2D eigenvalue weighted by Gasteiger charge is -2.56. The topological polar surface area (TPSA) is 41.9 Å². The Hall–Kier alpha value is -1.88. The summed E-state index contributed by atoms with van der Waals surface area (Å²) in [4.78, 5) is 0. The Morgan fingerprint density at radius 3 is 2.26 bits per heavy atom. The van der Waals surface area contributed by atoms with Gasteiger partial charge in [-0.2, -0.15) is 5.10 Å². The van der Waals surface area contributed by atoms with E-state index in [-0.39, 0.29) is 5.54 Å². The fraction of sp³-hybridized carbons (Fsp3) is 0.545. The van der Waals surface area contributed by atoms with Crippen LogP contribution in [0, 0.1) is 17.8 Å². The molecule has 4 fully saturated rings. The number of nitrogens with one attached hydrogen (secondary N) is 2. The molecule has 2 N–H and O–H groups in total. The van der Waals surface area contributed by atoms with Crippen LogP contribution in [0.3, 0.4) is 0 Å². The molecule has 0 aliphatic heterocycles. The number of hydrogen-bond acceptors (Lipinski definition) is 2. The lowest BCUT2D eigenvalue weighted by atomic mass is 9.53. The molecule has 6 rings (SSSR count). The quantitative estimate of drug-likeness (QED) is 0.717. The highest BCUT2D eigenvalue weighted by Crippen LogP contribution is 2.58. The van der Waals surface area contributed by atoms with Crippen LogP contribution >= 0.6 is 12.2 Å². The lowest BCUT2D eigenvalue weighted by molar-refractivity contribution is -0.0492. The van der Waals surface area contributed by atoms with Crippen molar-refractivity contribution in [2.24, 2.45) is 17.8 Å². The van der Waals surface area contributed by atoms with E-state index in [1.807, 2.05) is 0 Å². The third-order valence-corrected chi connectivity index (χ3v) is 7.15. The van der Waals surface area contributed by atoms with Crippen molar-refractivity contribution in [1.29, 1.82) is 0 Å². The average molecular weight is 381 g/mol. The van der Waals surface area contributed by atoms with Gasteiger partial charge in [-0.25, -0.2) is 0 Å². The summed E-state index contributed by atoms with van der Waals surface area (Å²) < 4.78 is 2.26. The monoisotopic (exact) mass is 380 g/mol. The maximum atomic E-state index is 5.49. The first-order valence-electron chi connectivity index (χ1n) is 10.3. The number of benzene rings is 1. The van der Waals surface area contributed by atoms with Crippen molar-refractivity contribution < 1.29 is 0 Å². The third-order valence-electron chi connectivity index (χ3n) is 6.94. The Balaban J connectivity index is 1.26. The van der Waals surface area contributed by atoms with Gasteiger partial charge in [0.25, 0.3) is 0 Å². The van der Waals surface area contributed by atoms with Gasteiger partial charge in [0.2, 0.25) is 0 Å². The lowest BCUT2D eigenvalue weighted by Crippen LogP contribution is -2.52. The second-order valence-corrected chi connectivity index (χ2v) is 9.33. The first-order chi connectivity index (χ1) is 13.1. The Morgan fingerprint density at radius 2 is 1.67 bits per heavy atom. The van der Waals surface area contributed by atoms with E-state index < -0.39 is 0 Å². The van der Waals surface area contributed by atoms with Gasteiger partial charge in [0, 0.05) is 18.0 Å². The van der Waals surface area contributed by atoms with Crippen molar-refractivity contribution in [3.8, 4) is 0 Å². The van der Waals surface area contributed by atoms with Crippen LogP contribution in [0.5, 0.6) is 0 Å². The van der Waals surface area contributed by atoms with Crippen LogP contribution in [-0.2, 0) is 12.0 Å². The number of anilines is 2. The molecule has 4 aliphatic rings. The van der Waals surface area contributed by atoms with Gasteiger partial charge in [-0.1, -0.05) is 19.1 Å². The van der Waals surface area contributed by atoms with Crippen LogP contribution < -0.4 is 10.6 Å². The number of thiocarbonyl (C=S) groups is 1. The highest BCUT2D eigenvalue weighted by molar-refractivity contribution is 7.80. The predicted molar refractivity (Wildman–Crippen MR) is 114 cm³/mol. The van der Waals surface area contributed by atoms with Crippen LogP contribution in [0.2, 0.25) is 0 Å². The molecule has 0 unspecified atom stereocenters. The van der Waals surface area contributed by atoms with Crippen molar-refractivity contribution in [2.75, 3.05) is 10.6 Å². The van der Waals surface area contributed by atoms with Crippen molar-refractivity contribution in [3.05, 3.63) is 42.1 Å². The largest absolute Gasteiger partial charge is 0.332 e. The van der Waals surface area contributed by atoms with Crippen molar-refractivity contribution in [1.82, 2.24) is 9.78 Å². The Bertz CT molecular complexity index is 803. The van der Waals surface area contributed by atoms with Gasteiger partial charge in [0.05, 0.1) is 5.54 Å². The summed E-state index contributed by atoms with van der Waals surface area (Å²) in [7, 11) is 0. The van der Waals surface area contributed by atoms with E-state index in [1.54, 1.807) is 0 Å². The number of rotatable bonds is 4. The fourth-order valence-electron chi connectivity index (χ4n) is 6.10. The zero-order valence-electron chi connectivity index (χ0n) is 15.9. The molecule has 0 spiro atoms. The van der Waals surface area contributed by atoms with Gasteiger partial charge < -0.3 is 10.6 Å². The molecule has 0 radical (unpaired) electrons. The first kappa shape index (κ1) is 17.2. The van der Waals surface area contributed by atoms with Gasteiger partial charge in [0.15, 0.2) is 10.9 Å². The summed E-state index contributed by atoms with van der Waals surface area (Å²) in [5, 5.41) is 12.0. The van der Waals surface area contributed by atoms with E-state index in [4.69, 9.17) is 17.3 Å². The second-order valence-electron chi connectivity index (χ2n) is 8.92. The summed E-state index contributed by atoms with van der Waals surface area (Å²) in [6.07, 6.45) is 11.5. The van der Waals surface area contributed by atoms with Crippen molar-refractivity contribution in [3.63, 3.8) is 0 Å². The van der Waals surface area contributed by atoms with Crippen LogP contribution in [0.4, 0.5) is 11.5 Å². The normalized spacial score (nSPS) is 31.1. The molecule has 142 valence electrons. The van der Waals surface area contributed by atoms with Gasteiger partial charge >= 0.3 is 0 Å². The molecule has 4 saturated carbocycles. The number of hydrogen-bond donors (Lipinski definition) is 2. The Labute approximate surface area is 166 Å². The van der Waals surface area contributed by atoms with Crippen molar-refractivity contribution in [2.45, 2.75) is 57.4 Å². The summed E-state index contributed by atoms with van der Waals surface area (Å²) in [6.45, 7) is 2.16. The van der Waals surface area contributed by atoms with Crippen LogP contribution in [0.15, 0.2) is 36.5 Å². The molecule has 0 saturated heterocycles. The molecule has 1 aromatic heterocycles. The van der Waals surface area contributed by atoms with E-state index in [0.29, 0.717) is 5.11 Å². The fourth-order valence-corrected chi connectivity index (χ4v) is 6.33. The molecular formula is C22H28N4S. The average Bonchev–Trinajstić information content (AvgIpc) is 3.10. The zero-order chi connectivity index (χ0) is 18.4. The van der Waals surface area contributed by atoms with Gasteiger partial charge in [0.1, 0.15) is 0 Å². The minimum atomic E-state index is 0.264. The third kappa shape index (κ3) is 3.27. The smallest absolute Gasteiger partial charge is 0.176 e. The van der Waals surface area contributed by atoms with E-state index in [1.165, 1.54) is 44.1 Å². The SMILES string of the molecule is CCc1ccc(NC(=S)Nc2ccn(C34CC5CC(CC(C5)C3)C4)n2)cc1. The summed E-state index contributed by atoms with van der Waals surface area (Å²) in [5.41, 5.74) is 2.60. The first-order valence-corrected chi connectivity index (χ1v) is 10.8. The zero-order valence-corrected chi connectivity index (χ0v) is 16.8. The van der Waals surface area contributed by atoms with Crippen LogP contribution in [0.25, 0.3) is 0 Å². The highest BCUT2D eigenvalue weighted by Gasteiger charge is 2.52. The molecule has 0 atom stereocenters. The van der Waals surface area contributed by atoms with E-state index in [0.717, 1.165) is 35.7 Å². The summed E-state index contributed by atoms with van der Waals surface area (Å²) in [5.74, 6) is 3.61. The maximum absolute atomic E-state index is 5.49. The summed E-state index contributed by atoms with van der Waals surface area (Å²) >= 11 is 5.49. The molecule has 2 aromatic rings. The van der Waals surface area contributed by atoms with Gasteiger partial charge in [-0.3, -0.25) is 4.68 Å². The Morgan fingerprint density at radius 1 is 1.04 bits per heavy atom. The molecular weight excluding hydrogens is 352 g/mol. The molecule has 4 aliphatic carbocycles.